The third kappa shape index (κ3) is 7.27. The van der Waals surface area contributed by atoms with Crippen LogP contribution < -0.4 is 20.9 Å². The number of carbonyl (C=O) groups excluding carboxylic acids is 2. The van der Waals surface area contributed by atoms with E-state index in [2.05, 4.69) is 35.4 Å². The lowest BCUT2D eigenvalue weighted by Crippen LogP contribution is -2.41. The largest absolute Gasteiger partial charge is 0.454 e. The number of likely N-dealkylation sites (tertiary alicyclic amines) is 1. The smallest absolute Gasteiger partial charge is 0.332 e. The van der Waals surface area contributed by atoms with Crippen LogP contribution in [0.5, 0.6) is 11.5 Å². The topological polar surface area (TPSA) is 170 Å². The van der Waals surface area contributed by atoms with Gasteiger partial charge >= 0.3 is 5.97 Å². The number of esters is 1. The molecule has 220 valence electrons. The van der Waals surface area contributed by atoms with Crippen LogP contribution in [0.25, 0.3) is 11.2 Å². The summed E-state index contributed by atoms with van der Waals surface area (Å²) in [5.41, 5.74) is 12.8. The molecule has 5 rings (SSSR count). The Morgan fingerprint density at radius 2 is 2.02 bits per heavy atom. The van der Waals surface area contributed by atoms with Crippen LogP contribution in [0.15, 0.2) is 33.0 Å². The van der Waals surface area contributed by atoms with E-state index in [1.165, 1.54) is 18.1 Å². The minimum absolute atomic E-state index is 0.199. The quantitative estimate of drug-likeness (QED) is 0.157. The Labute approximate surface area is 249 Å². The number of nitrogen functional groups attached to an aromatic ring is 1. The summed E-state index contributed by atoms with van der Waals surface area (Å²) in [6, 6.07) is 3.83. The van der Waals surface area contributed by atoms with E-state index in [4.69, 9.17) is 35.4 Å². The predicted molar refractivity (Wildman–Crippen MR) is 154 cm³/mol. The lowest BCUT2D eigenvalue weighted by molar-refractivity contribution is -0.157. The van der Waals surface area contributed by atoms with Crippen molar-refractivity contribution < 1.29 is 28.5 Å². The molecular formula is C26H32BrN7O6S. The normalized spacial score (nSPS) is 16.2. The van der Waals surface area contributed by atoms with Crippen molar-refractivity contribution in [3.63, 3.8) is 0 Å². The van der Waals surface area contributed by atoms with Crippen LogP contribution in [0, 0.1) is 5.92 Å². The van der Waals surface area contributed by atoms with E-state index in [0.717, 1.165) is 46.9 Å². The summed E-state index contributed by atoms with van der Waals surface area (Å²) in [7, 11) is 0. The Morgan fingerprint density at radius 3 is 2.78 bits per heavy atom. The first-order valence-electron chi connectivity index (χ1n) is 13.3. The lowest BCUT2D eigenvalue weighted by Gasteiger charge is -2.33. The second-order valence-corrected chi connectivity index (χ2v) is 11.6. The average molecular weight is 651 g/mol. The highest BCUT2D eigenvalue weighted by Crippen LogP contribution is 2.43. The Balaban J connectivity index is 1.20. The number of ether oxygens (including phenoxy) is 4. The minimum atomic E-state index is -0.821. The third-order valence-corrected chi connectivity index (χ3v) is 8.95. The van der Waals surface area contributed by atoms with Gasteiger partial charge in [-0.25, -0.2) is 19.7 Å². The molecule has 4 N–H and O–H groups in total. The van der Waals surface area contributed by atoms with Gasteiger partial charge in [0.25, 0.3) is 0 Å². The highest BCUT2D eigenvalue weighted by molar-refractivity contribution is 9.10. The second-order valence-electron chi connectivity index (χ2n) is 9.75. The summed E-state index contributed by atoms with van der Waals surface area (Å²) in [6.07, 6.45) is 4.14. The number of aryl methyl sites for hydroxylation is 1. The molecule has 41 heavy (non-hydrogen) atoms. The number of halogens is 1. The van der Waals surface area contributed by atoms with E-state index in [1.807, 2.05) is 12.1 Å². The molecule has 4 heterocycles. The second kappa shape index (κ2) is 13.8. The molecule has 0 aliphatic carbocycles. The van der Waals surface area contributed by atoms with Crippen LogP contribution in [-0.4, -0.2) is 89.0 Å². The zero-order valence-electron chi connectivity index (χ0n) is 22.4. The van der Waals surface area contributed by atoms with Crippen molar-refractivity contribution in [2.75, 3.05) is 51.9 Å². The van der Waals surface area contributed by atoms with Crippen molar-refractivity contribution >= 4 is 56.9 Å². The average Bonchev–Trinajstić information content (AvgIpc) is 3.57. The van der Waals surface area contributed by atoms with Gasteiger partial charge in [-0.3, -0.25) is 9.69 Å². The van der Waals surface area contributed by atoms with E-state index in [-0.39, 0.29) is 20.0 Å². The van der Waals surface area contributed by atoms with E-state index in [0.29, 0.717) is 60.3 Å². The van der Waals surface area contributed by atoms with Crippen LogP contribution >= 0.6 is 27.7 Å². The molecular weight excluding hydrogens is 618 g/mol. The highest BCUT2D eigenvalue weighted by atomic mass is 79.9. The number of rotatable bonds is 13. The number of aldehydes is 1. The minimum Gasteiger partial charge on any atom is -0.454 e. The molecule has 1 aromatic carbocycles. The summed E-state index contributed by atoms with van der Waals surface area (Å²) in [5, 5.41) is 0.760. The summed E-state index contributed by atoms with van der Waals surface area (Å²) in [6.45, 7) is 3.25. The maximum absolute atomic E-state index is 11.9. The molecule has 15 heteroatoms. The van der Waals surface area contributed by atoms with Gasteiger partial charge in [0.15, 0.2) is 46.0 Å². The molecule has 1 atom stereocenters. The van der Waals surface area contributed by atoms with Crippen molar-refractivity contribution in [1.82, 2.24) is 24.4 Å². The lowest BCUT2D eigenvalue weighted by atomic mass is 9.93. The number of carbonyl (C=O) groups is 2. The number of benzene rings is 1. The van der Waals surface area contributed by atoms with Crippen LogP contribution in [0.3, 0.4) is 0 Å². The molecule has 3 aromatic rings. The zero-order chi connectivity index (χ0) is 28.8. The number of nitrogens with two attached hydrogens (primary N) is 2. The first-order valence-corrected chi connectivity index (χ1v) is 14.9. The van der Waals surface area contributed by atoms with Gasteiger partial charge in [0.05, 0.1) is 6.61 Å². The Morgan fingerprint density at radius 1 is 1.24 bits per heavy atom. The van der Waals surface area contributed by atoms with E-state index < -0.39 is 12.1 Å². The van der Waals surface area contributed by atoms with Gasteiger partial charge in [0.1, 0.15) is 12.9 Å². The van der Waals surface area contributed by atoms with Gasteiger partial charge in [-0.1, -0.05) is 11.8 Å². The Kier molecular flexibility index (Phi) is 9.92. The van der Waals surface area contributed by atoms with E-state index >= 15 is 0 Å². The van der Waals surface area contributed by atoms with Gasteiger partial charge in [0, 0.05) is 29.0 Å². The molecule has 1 fully saturated rings. The van der Waals surface area contributed by atoms with E-state index in [1.54, 1.807) is 0 Å². The number of imidazole rings is 1. The zero-order valence-corrected chi connectivity index (χ0v) is 24.8. The molecule has 0 amide bonds. The van der Waals surface area contributed by atoms with Crippen LogP contribution in [0.2, 0.25) is 0 Å². The van der Waals surface area contributed by atoms with Crippen molar-refractivity contribution in [2.45, 2.75) is 42.0 Å². The highest BCUT2D eigenvalue weighted by Gasteiger charge is 2.25. The first-order chi connectivity index (χ1) is 19.9. The Hall–Kier alpha value is -2.98. The molecule has 2 aliphatic rings. The standard InChI is InChI=1S/C26H32BrN7O6S/c27-18-9-19-20(39-15-38-19)10-21(18)41-26-32-23-24(29)30-14-31-25(23)34(26)7-3-16-1-5-33(6-2-16)11-17(12-35)40-22(36)13-37-8-4-28/h9-10,12,14,16-17H,1-8,11,13,15,28H2,(H2,29,30,31)/t17-/m0/s1. The molecule has 2 aromatic heterocycles. The molecule has 0 radical (unpaired) electrons. The third-order valence-electron chi connectivity index (χ3n) is 6.98. The summed E-state index contributed by atoms with van der Waals surface area (Å²) in [4.78, 5) is 39.9. The number of hydrogen-bond acceptors (Lipinski definition) is 13. The number of anilines is 1. The summed E-state index contributed by atoms with van der Waals surface area (Å²) < 4.78 is 24.3. The summed E-state index contributed by atoms with van der Waals surface area (Å²) >= 11 is 5.13. The monoisotopic (exact) mass is 649 g/mol. The van der Waals surface area contributed by atoms with Crippen LogP contribution in [0.4, 0.5) is 5.82 Å². The number of aromatic nitrogens is 4. The number of hydrogen-bond donors (Lipinski definition) is 2. The van der Waals surface area contributed by atoms with Gasteiger partial charge in [-0.2, -0.15) is 0 Å². The van der Waals surface area contributed by atoms with Gasteiger partial charge in [-0.05, 0) is 66.3 Å². The van der Waals surface area contributed by atoms with Crippen molar-refractivity contribution in [3.8, 4) is 11.5 Å². The molecule has 2 aliphatic heterocycles. The number of piperidine rings is 1. The van der Waals surface area contributed by atoms with Crippen molar-refractivity contribution in [1.29, 1.82) is 0 Å². The van der Waals surface area contributed by atoms with E-state index in [9.17, 15) is 9.59 Å². The fourth-order valence-electron chi connectivity index (χ4n) is 4.86. The fourth-order valence-corrected chi connectivity index (χ4v) is 6.37. The molecule has 0 bridgehead atoms. The van der Waals surface area contributed by atoms with Gasteiger partial charge in [0.2, 0.25) is 6.79 Å². The first kappa shape index (κ1) is 29.5. The Bertz CT molecular complexity index is 1380. The SMILES string of the molecule is NCCOCC(=O)O[C@H](C=O)CN1CCC(CCn2c(Sc3cc4c(cc3Br)OCO4)nc3c(N)ncnc32)CC1. The molecule has 0 unspecified atom stereocenters. The van der Waals surface area contributed by atoms with Crippen molar-refractivity contribution in [3.05, 3.63) is 22.9 Å². The van der Waals surface area contributed by atoms with Gasteiger partial charge in [-0.15, -0.1) is 0 Å². The van der Waals surface area contributed by atoms with Crippen molar-refractivity contribution in [2.24, 2.45) is 11.7 Å². The predicted octanol–water partition coefficient (Wildman–Crippen LogP) is 2.24. The number of fused-ring (bicyclic) bond motifs is 2. The molecule has 1 saturated heterocycles. The summed E-state index contributed by atoms with van der Waals surface area (Å²) in [5.74, 6) is 1.63. The molecule has 13 nitrogen and oxygen atoms in total. The van der Waals surface area contributed by atoms with Crippen LogP contribution in [-0.2, 0) is 25.6 Å². The maximum Gasteiger partial charge on any atom is 0.332 e. The van der Waals surface area contributed by atoms with Gasteiger partial charge < -0.3 is 35.0 Å². The molecule has 0 saturated carbocycles. The fraction of sp³-hybridized carbons (Fsp3) is 0.500. The maximum atomic E-state index is 11.9. The van der Waals surface area contributed by atoms with Crippen LogP contribution in [0.1, 0.15) is 19.3 Å². The molecule has 0 spiro atoms. The number of nitrogens with zero attached hydrogens (tertiary/aromatic N) is 5.